The van der Waals surface area contributed by atoms with Crippen LogP contribution in [0.1, 0.15) is 16.8 Å². The molecule has 0 aliphatic carbocycles. The first-order valence-electron chi connectivity index (χ1n) is 9.43. The summed E-state index contributed by atoms with van der Waals surface area (Å²) >= 11 is 1.12. The molecular formula is C22H22N4O3S. The molecular weight excluding hydrogens is 400 g/mol. The van der Waals surface area contributed by atoms with Crippen LogP contribution in [-0.4, -0.2) is 27.5 Å². The van der Waals surface area contributed by atoms with Crippen molar-refractivity contribution < 1.29 is 9.59 Å². The van der Waals surface area contributed by atoms with Gasteiger partial charge in [-0.25, -0.2) is 4.98 Å². The second kappa shape index (κ2) is 11.0. The molecule has 0 saturated heterocycles. The largest absolute Gasteiger partial charge is 0.352 e. The zero-order chi connectivity index (χ0) is 21.2. The van der Waals surface area contributed by atoms with Crippen LogP contribution in [0, 0.1) is 0 Å². The summed E-state index contributed by atoms with van der Waals surface area (Å²) in [6.45, 7) is 0.845. The first kappa shape index (κ1) is 21.3. The Morgan fingerprint density at radius 3 is 2.03 bits per heavy atom. The zero-order valence-corrected chi connectivity index (χ0v) is 17.1. The lowest BCUT2D eigenvalue weighted by atomic mass is 10.2. The molecule has 1 aromatic heterocycles. The fraction of sp³-hybridized carbons (Fsp3) is 0.182. The molecule has 2 aromatic carbocycles. The lowest BCUT2D eigenvalue weighted by molar-refractivity contribution is -0.121. The van der Waals surface area contributed by atoms with Crippen molar-refractivity contribution in [1.29, 1.82) is 0 Å². The molecule has 7 nitrogen and oxygen atoms in total. The minimum atomic E-state index is -0.358. The highest BCUT2D eigenvalue weighted by Gasteiger charge is 2.10. The predicted molar refractivity (Wildman–Crippen MR) is 116 cm³/mol. The second-order valence-electron chi connectivity index (χ2n) is 6.53. The van der Waals surface area contributed by atoms with E-state index >= 15 is 0 Å². The number of rotatable bonds is 9. The van der Waals surface area contributed by atoms with Gasteiger partial charge >= 0.3 is 0 Å². The van der Waals surface area contributed by atoms with Gasteiger partial charge in [-0.05, 0) is 11.1 Å². The molecule has 30 heavy (non-hydrogen) atoms. The summed E-state index contributed by atoms with van der Waals surface area (Å²) in [6.07, 6.45) is -0.00941. The number of aromatic amines is 1. The molecule has 0 spiro atoms. The summed E-state index contributed by atoms with van der Waals surface area (Å²) in [4.78, 5) is 43.0. The summed E-state index contributed by atoms with van der Waals surface area (Å²) in [7, 11) is 0. The van der Waals surface area contributed by atoms with Crippen molar-refractivity contribution in [3.8, 4) is 0 Å². The highest BCUT2D eigenvalue weighted by molar-refractivity contribution is 7.99. The molecule has 0 atom stereocenters. The van der Waals surface area contributed by atoms with Crippen molar-refractivity contribution in [2.45, 2.75) is 24.7 Å². The zero-order valence-electron chi connectivity index (χ0n) is 16.3. The smallest absolute Gasteiger partial charge is 0.251 e. The molecule has 0 radical (unpaired) electrons. The fourth-order valence-electron chi connectivity index (χ4n) is 2.65. The van der Waals surface area contributed by atoms with Gasteiger partial charge in [-0.2, -0.15) is 0 Å². The van der Waals surface area contributed by atoms with Gasteiger partial charge in [-0.15, -0.1) is 0 Å². The Bertz CT molecular complexity index is 1040. The van der Waals surface area contributed by atoms with Gasteiger partial charge in [0.2, 0.25) is 11.8 Å². The van der Waals surface area contributed by atoms with Crippen LogP contribution < -0.4 is 16.2 Å². The summed E-state index contributed by atoms with van der Waals surface area (Å²) < 4.78 is 0. The number of hydrogen-bond donors (Lipinski definition) is 3. The summed E-state index contributed by atoms with van der Waals surface area (Å²) in [5.74, 6) is -0.287. The standard InChI is InChI=1S/C22H22N4O3S/c27-19(23-13-16-7-3-1-4-8-16)11-18-12-20(28)26-22(25-18)30-15-21(29)24-14-17-9-5-2-6-10-17/h1-10,12H,11,13-15H2,(H,23,27)(H,24,29)(H,25,26,28). The molecule has 0 aliphatic heterocycles. The van der Waals surface area contributed by atoms with E-state index in [4.69, 9.17) is 0 Å². The number of hydrogen-bond acceptors (Lipinski definition) is 5. The van der Waals surface area contributed by atoms with Crippen LogP contribution in [0.5, 0.6) is 0 Å². The third-order valence-corrected chi connectivity index (χ3v) is 4.99. The van der Waals surface area contributed by atoms with E-state index in [1.54, 1.807) is 0 Å². The van der Waals surface area contributed by atoms with Crippen molar-refractivity contribution in [1.82, 2.24) is 20.6 Å². The molecule has 8 heteroatoms. The molecule has 0 bridgehead atoms. The molecule has 154 valence electrons. The van der Waals surface area contributed by atoms with Gasteiger partial charge in [0.25, 0.3) is 5.56 Å². The summed E-state index contributed by atoms with van der Waals surface area (Å²) in [6, 6.07) is 20.4. The van der Waals surface area contributed by atoms with E-state index in [1.807, 2.05) is 60.7 Å². The van der Waals surface area contributed by atoms with E-state index in [-0.39, 0.29) is 29.5 Å². The molecule has 3 N–H and O–H groups in total. The van der Waals surface area contributed by atoms with E-state index in [0.717, 1.165) is 22.9 Å². The lowest BCUT2D eigenvalue weighted by Gasteiger charge is -2.07. The van der Waals surface area contributed by atoms with Crippen LogP contribution >= 0.6 is 11.8 Å². The molecule has 0 unspecified atom stereocenters. The van der Waals surface area contributed by atoms with Crippen LogP contribution in [0.2, 0.25) is 0 Å². The number of thioether (sulfide) groups is 1. The first-order chi connectivity index (χ1) is 14.6. The van der Waals surface area contributed by atoms with Gasteiger partial charge in [0.05, 0.1) is 17.9 Å². The van der Waals surface area contributed by atoms with Gasteiger partial charge in [0.1, 0.15) is 0 Å². The number of aromatic nitrogens is 2. The van der Waals surface area contributed by atoms with Crippen LogP contribution in [-0.2, 0) is 29.1 Å². The maximum atomic E-state index is 12.2. The molecule has 3 rings (SSSR count). The molecule has 2 amide bonds. The maximum absolute atomic E-state index is 12.2. The Morgan fingerprint density at radius 2 is 1.43 bits per heavy atom. The third kappa shape index (κ3) is 7.21. The fourth-order valence-corrected chi connectivity index (χ4v) is 3.37. The molecule has 0 saturated carbocycles. The summed E-state index contributed by atoms with van der Waals surface area (Å²) in [5, 5.41) is 5.93. The summed E-state index contributed by atoms with van der Waals surface area (Å²) in [5.41, 5.74) is 1.99. The topological polar surface area (TPSA) is 104 Å². The van der Waals surface area contributed by atoms with Crippen molar-refractivity contribution in [3.63, 3.8) is 0 Å². The van der Waals surface area contributed by atoms with Crippen LogP contribution in [0.15, 0.2) is 76.7 Å². The van der Waals surface area contributed by atoms with Crippen LogP contribution in [0.3, 0.4) is 0 Å². The number of nitrogens with zero attached hydrogens (tertiary/aromatic N) is 1. The Labute approximate surface area is 178 Å². The molecule has 1 heterocycles. The molecule has 0 fully saturated rings. The average Bonchev–Trinajstić information content (AvgIpc) is 2.76. The Hall–Kier alpha value is -3.39. The third-order valence-electron chi connectivity index (χ3n) is 4.12. The van der Waals surface area contributed by atoms with E-state index < -0.39 is 0 Å². The van der Waals surface area contributed by atoms with Gasteiger partial charge in [0, 0.05) is 19.2 Å². The molecule has 0 aliphatic rings. The number of H-pyrrole nitrogens is 1. The number of nitrogens with one attached hydrogen (secondary N) is 3. The second-order valence-corrected chi connectivity index (χ2v) is 7.50. The SMILES string of the molecule is O=C(CSc1nc(CC(=O)NCc2ccccc2)cc(=O)[nH]1)NCc1ccccc1. The minimum absolute atomic E-state index is 0.00941. The van der Waals surface area contributed by atoms with Crippen molar-refractivity contribution in [2.75, 3.05) is 5.75 Å². The molecule has 3 aromatic rings. The van der Waals surface area contributed by atoms with E-state index in [0.29, 0.717) is 23.9 Å². The van der Waals surface area contributed by atoms with E-state index in [9.17, 15) is 14.4 Å². The number of benzene rings is 2. The van der Waals surface area contributed by atoms with Crippen LogP contribution in [0.25, 0.3) is 0 Å². The van der Waals surface area contributed by atoms with Crippen molar-refractivity contribution in [3.05, 3.63) is 93.9 Å². The number of carbonyl (C=O) groups is 2. The van der Waals surface area contributed by atoms with E-state index in [2.05, 4.69) is 20.6 Å². The van der Waals surface area contributed by atoms with Crippen molar-refractivity contribution in [2.24, 2.45) is 0 Å². The van der Waals surface area contributed by atoms with E-state index in [1.165, 1.54) is 6.07 Å². The quantitative estimate of drug-likeness (QED) is 0.362. The lowest BCUT2D eigenvalue weighted by Crippen LogP contribution is -2.26. The Balaban J connectivity index is 1.48. The predicted octanol–water partition coefficient (Wildman–Crippen LogP) is 2.04. The van der Waals surface area contributed by atoms with Crippen molar-refractivity contribution >= 4 is 23.6 Å². The highest BCUT2D eigenvalue weighted by Crippen LogP contribution is 2.11. The first-order valence-corrected chi connectivity index (χ1v) is 10.4. The van der Waals surface area contributed by atoms with Gasteiger partial charge in [-0.1, -0.05) is 72.4 Å². The Kier molecular flexibility index (Phi) is 7.79. The number of carbonyl (C=O) groups excluding carboxylic acids is 2. The maximum Gasteiger partial charge on any atom is 0.251 e. The normalized spacial score (nSPS) is 10.4. The minimum Gasteiger partial charge on any atom is -0.352 e. The van der Waals surface area contributed by atoms with Gasteiger partial charge in [-0.3, -0.25) is 14.4 Å². The van der Waals surface area contributed by atoms with Gasteiger partial charge < -0.3 is 15.6 Å². The van der Waals surface area contributed by atoms with Crippen LogP contribution in [0.4, 0.5) is 0 Å². The number of amides is 2. The average molecular weight is 423 g/mol. The van der Waals surface area contributed by atoms with Gasteiger partial charge in [0.15, 0.2) is 5.16 Å². The monoisotopic (exact) mass is 422 g/mol. The highest BCUT2D eigenvalue weighted by atomic mass is 32.2. The Morgan fingerprint density at radius 1 is 0.867 bits per heavy atom.